The Hall–Kier alpha value is -2.16. The molecule has 8 heteroatoms. The molecule has 1 aromatic rings. The number of amides is 2. The second kappa shape index (κ2) is 10.3. The van der Waals surface area contributed by atoms with Gasteiger partial charge in [0.15, 0.2) is 9.84 Å². The number of carbonyl (C=O) groups is 1. The molecule has 1 aromatic carbocycles. The Morgan fingerprint density at radius 1 is 1.15 bits per heavy atom. The van der Waals surface area contributed by atoms with E-state index in [1.54, 1.807) is 7.11 Å². The van der Waals surface area contributed by atoms with Crippen LogP contribution in [-0.2, 0) is 14.6 Å². The molecule has 3 aliphatic heterocycles. The molecule has 6 rings (SSSR count). The highest BCUT2D eigenvalue weighted by atomic mass is 32.2. The zero-order valence-corrected chi connectivity index (χ0v) is 24.8. The number of benzene rings is 1. The van der Waals surface area contributed by atoms with Crippen molar-refractivity contribution in [3.05, 3.63) is 54.1 Å². The van der Waals surface area contributed by atoms with Gasteiger partial charge in [-0.3, -0.25) is 0 Å². The molecule has 5 aliphatic rings. The lowest BCUT2D eigenvalue weighted by Crippen LogP contribution is -2.71. The Kier molecular flexibility index (Phi) is 7.53. The van der Waals surface area contributed by atoms with Crippen molar-refractivity contribution in [2.75, 3.05) is 39.1 Å². The van der Waals surface area contributed by atoms with Crippen LogP contribution in [0.4, 0.5) is 4.79 Å². The molecule has 2 N–H and O–H groups in total. The molecule has 1 saturated carbocycles. The maximum absolute atomic E-state index is 14.4. The minimum atomic E-state index is -3.70. The quantitative estimate of drug-likeness (QED) is 0.442. The average molecular weight is 556 g/mol. The summed E-state index contributed by atoms with van der Waals surface area (Å²) in [6.45, 7) is 9.33. The lowest BCUT2D eigenvalue weighted by atomic mass is 9.71. The lowest BCUT2D eigenvalue weighted by Gasteiger charge is -2.54. The summed E-state index contributed by atoms with van der Waals surface area (Å²) in [6.07, 6.45) is 10.8. The summed E-state index contributed by atoms with van der Waals surface area (Å²) < 4.78 is 32.9. The van der Waals surface area contributed by atoms with E-state index in [1.165, 1.54) is 0 Å². The fourth-order valence-corrected chi connectivity index (χ4v) is 10.2. The van der Waals surface area contributed by atoms with E-state index in [0.29, 0.717) is 18.9 Å². The summed E-state index contributed by atoms with van der Waals surface area (Å²) in [5, 5.41) is 6.52. The van der Waals surface area contributed by atoms with Crippen LogP contribution < -0.4 is 10.6 Å². The van der Waals surface area contributed by atoms with Crippen molar-refractivity contribution in [3.8, 4) is 0 Å². The Balaban J connectivity index is 1.43. The monoisotopic (exact) mass is 555 g/mol. The van der Waals surface area contributed by atoms with Crippen molar-refractivity contribution >= 4 is 21.4 Å². The van der Waals surface area contributed by atoms with E-state index in [9.17, 15) is 13.2 Å². The van der Waals surface area contributed by atoms with Crippen molar-refractivity contribution in [1.82, 2.24) is 15.5 Å². The molecule has 2 atom stereocenters. The lowest BCUT2D eigenvalue weighted by molar-refractivity contribution is 0.00975. The molecule has 2 amide bonds. The summed E-state index contributed by atoms with van der Waals surface area (Å²) in [5.41, 5.74) is 0.378. The highest BCUT2D eigenvalue weighted by Crippen LogP contribution is 2.51. The molecule has 3 saturated heterocycles. The zero-order chi connectivity index (χ0) is 27.9. The highest BCUT2D eigenvalue weighted by Gasteiger charge is 2.58. The molecule has 3 heterocycles. The minimum absolute atomic E-state index is 0.0509. The van der Waals surface area contributed by atoms with Gasteiger partial charge in [0.05, 0.1) is 23.4 Å². The maximum atomic E-state index is 14.4. The van der Waals surface area contributed by atoms with Gasteiger partial charge in [-0.15, -0.1) is 0 Å². The van der Waals surface area contributed by atoms with Crippen molar-refractivity contribution in [2.45, 2.75) is 75.1 Å². The molecule has 39 heavy (non-hydrogen) atoms. The Bertz CT molecular complexity index is 1230. The van der Waals surface area contributed by atoms with Crippen LogP contribution in [0.1, 0.15) is 64.9 Å². The third-order valence-electron chi connectivity index (χ3n) is 10.1. The molecule has 7 nitrogen and oxygen atoms in total. The molecule has 2 unspecified atom stereocenters. The van der Waals surface area contributed by atoms with Crippen LogP contribution in [0.25, 0.3) is 5.57 Å². The van der Waals surface area contributed by atoms with E-state index in [1.807, 2.05) is 62.4 Å². The summed E-state index contributed by atoms with van der Waals surface area (Å²) >= 11 is 0. The van der Waals surface area contributed by atoms with Gasteiger partial charge in [0.25, 0.3) is 0 Å². The van der Waals surface area contributed by atoms with Gasteiger partial charge in [0.2, 0.25) is 0 Å². The number of rotatable bonds is 10. The topological polar surface area (TPSA) is 87.7 Å². The number of urea groups is 1. The first kappa shape index (κ1) is 28.4. The van der Waals surface area contributed by atoms with Crippen LogP contribution in [0, 0.1) is 11.3 Å². The molecule has 2 bridgehead atoms. The molecule has 0 radical (unpaired) electrons. The molecular weight excluding hydrogens is 510 g/mol. The smallest absolute Gasteiger partial charge is 0.315 e. The third-order valence-corrected chi connectivity index (χ3v) is 13.0. The second-order valence-electron chi connectivity index (χ2n) is 12.9. The van der Waals surface area contributed by atoms with E-state index < -0.39 is 20.1 Å². The van der Waals surface area contributed by atoms with Gasteiger partial charge < -0.3 is 20.3 Å². The molecule has 2 aliphatic carbocycles. The van der Waals surface area contributed by atoms with Gasteiger partial charge in [-0.2, -0.15) is 0 Å². The average Bonchev–Trinajstić information content (AvgIpc) is 3.67. The summed E-state index contributed by atoms with van der Waals surface area (Å²) in [5.74, 6) is 0.504. The fourth-order valence-electron chi connectivity index (χ4n) is 7.34. The fraction of sp³-hybridized carbons (Fsp3) is 0.645. The van der Waals surface area contributed by atoms with Crippen molar-refractivity contribution < 1.29 is 17.9 Å². The molecule has 0 spiro atoms. The number of allylic oxidation sites excluding steroid dienone is 3. The number of nitrogens with zero attached hydrogens (tertiary/aromatic N) is 1. The Morgan fingerprint density at radius 3 is 2.36 bits per heavy atom. The Morgan fingerprint density at radius 2 is 1.85 bits per heavy atom. The Labute approximate surface area is 234 Å². The number of carbonyl (C=O) groups excluding carboxylic acids is 1. The molecule has 4 fully saturated rings. The minimum Gasteiger partial charge on any atom is -0.384 e. The number of fused-ring (bicyclic) bond motifs is 3. The summed E-state index contributed by atoms with van der Waals surface area (Å²) in [7, 11) is -2.06. The van der Waals surface area contributed by atoms with E-state index in [4.69, 9.17) is 4.74 Å². The van der Waals surface area contributed by atoms with E-state index >= 15 is 0 Å². The number of sulfone groups is 1. The second-order valence-corrected chi connectivity index (χ2v) is 15.2. The SMILES string of the molecule is CCC1(NC(=O)NC(C)(C)C2(S(=O)(=O)CC3(COC)CC3)C=CC(c3ccccc3)=CC2)CN2CCC1CC2. The number of piperidine rings is 3. The number of methoxy groups -OCH3 is 1. The van der Waals surface area contributed by atoms with Crippen molar-refractivity contribution in [1.29, 1.82) is 0 Å². The number of nitrogens with one attached hydrogen (secondary N) is 2. The summed E-state index contributed by atoms with van der Waals surface area (Å²) in [6, 6.07) is 9.72. The largest absolute Gasteiger partial charge is 0.384 e. The van der Waals surface area contributed by atoms with Gasteiger partial charge in [-0.1, -0.05) is 55.5 Å². The van der Waals surface area contributed by atoms with Crippen LogP contribution in [-0.4, -0.2) is 74.3 Å². The van der Waals surface area contributed by atoms with Gasteiger partial charge in [0, 0.05) is 19.1 Å². The summed E-state index contributed by atoms with van der Waals surface area (Å²) in [4.78, 5) is 16.1. The number of hydrogen-bond acceptors (Lipinski definition) is 5. The predicted molar refractivity (Wildman–Crippen MR) is 156 cm³/mol. The molecular formula is C31H45N3O4S. The molecule has 214 valence electrons. The predicted octanol–water partition coefficient (Wildman–Crippen LogP) is 4.56. The van der Waals surface area contributed by atoms with Crippen LogP contribution in [0.5, 0.6) is 0 Å². The van der Waals surface area contributed by atoms with E-state index in [-0.39, 0.29) is 22.7 Å². The standard InChI is InChI=1S/C31H45N3O4S/c1-5-30(21-34-19-13-26(30)14-20-34)33-27(35)32-28(2,3)31(39(36,37)23-29(17-18-29)22-38-4)15-11-25(12-16-31)24-9-7-6-8-10-24/h6-12,15,26H,5,13-14,16-23H2,1-4H3,(H2,32,33,35). The number of hydrogen-bond donors (Lipinski definition) is 2. The maximum Gasteiger partial charge on any atom is 0.315 e. The van der Waals surface area contributed by atoms with Gasteiger partial charge in [-0.05, 0) is 82.5 Å². The molecule has 0 aromatic heterocycles. The first-order valence-electron chi connectivity index (χ1n) is 14.5. The van der Waals surface area contributed by atoms with Gasteiger partial charge in [-0.25, -0.2) is 13.2 Å². The van der Waals surface area contributed by atoms with Crippen LogP contribution in [0.3, 0.4) is 0 Å². The number of ether oxygens (including phenoxy) is 1. The van der Waals surface area contributed by atoms with E-state index in [0.717, 1.165) is 62.9 Å². The normalized spacial score (nSPS) is 31.4. The first-order valence-corrected chi connectivity index (χ1v) is 16.1. The zero-order valence-electron chi connectivity index (χ0n) is 24.0. The van der Waals surface area contributed by atoms with Crippen molar-refractivity contribution in [3.63, 3.8) is 0 Å². The van der Waals surface area contributed by atoms with Crippen LogP contribution >= 0.6 is 0 Å². The van der Waals surface area contributed by atoms with Gasteiger partial charge >= 0.3 is 6.03 Å². The van der Waals surface area contributed by atoms with Gasteiger partial charge in [0.1, 0.15) is 4.75 Å². The van der Waals surface area contributed by atoms with Crippen LogP contribution in [0.2, 0.25) is 0 Å². The van der Waals surface area contributed by atoms with E-state index in [2.05, 4.69) is 22.5 Å². The first-order chi connectivity index (χ1) is 18.5. The van der Waals surface area contributed by atoms with Crippen LogP contribution in [0.15, 0.2) is 48.6 Å². The van der Waals surface area contributed by atoms with Crippen molar-refractivity contribution in [2.24, 2.45) is 11.3 Å². The third kappa shape index (κ3) is 5.20. The highest BCUT2D eigenvalue weighted by molar-refractivity contribution is 7.93.